The zero-order chi connectivity index (χ0) is 16.7. The Bertz CT molecular complexity index is 311. The van der Waals surface area contributed by atoms with Crippen molar-refractivity contribution in [3.05, 3.63) is 0 Å². The number of alkyl carbamates (subject to hydrolysis) is 1. The monoisotopic (exact) mass is 304 g/mol. The molecule has 0 saturated heterocycles. The fourth-order valence-corrected chi connectivity index (χ4v) is 1.62. The quantitative estimate of drug-likeness (QED) is 0.672. The highest BCUT2D eigenvalue weighted by atomic mass is 16.7. The van der Waals surface area contributed by atoms with Crippen molar-refractivity contribution < 1.29 is 19.0 Å². The van der Waals surface area contributed by atoms with Gasteiger partial charge in [-0.25, -0.2) is 4.79 Å². The molecule has 0 aromatic heterocycles. The number of ether oxygens (including phenoxy) is 3. The van der Waals surface area contributed by atoms with Crippen molar-refractivity contribution in [2.45, 2.75) is 59.0 Å². The summed E-state index contributed by atoms with van der Waals surface area (Å²) in [6.07, 6.45) is -0.726. The van der Waals surface area contributed by atoms with Crippen molar-refractivity contribution in [3.63, 3.8) is 0 Å². The van der Waals surface area contributed by atoms with Crippen molar-refractivity contribution in [1.29, 1.82) is 0 Å². The molecule has 0 radical (unpaired) electrons. The zero-order valence-corrected chi connectivity index (χ0v) is 14.7. The fourth-order valence-electron chi connectivity index (χ4n) is 1.62. The lowest BCUT2D eigenvalue weighted by Crippen LogP contribution is -2.57. The molecule has 0 heterocycles. The summed E-state index contributed by atoms with van der Waals surface area (Å²) in [5.41, 5.74) is -0.783. The van der Waals surface area contributed by atoms with Crippen LogP contribution in [0.3, 0.4) is 0 Å². The van der Waals surface area contributed by atoms with Gasteiger partial charge in [-0.05, 0) is 33.6 Å². The zero-order valence-electron chi connectivity index (χ0n) is 14.7. The first-order valence-corrected chi connectivity index (χ1v) is 7.31. The van der Waals surface area contributed by atoms with E-state index in [0.29, 0.717) is 19.0 Å². The van der Waals surface area contributed by atoms with Gasteiger partial charge in [-0.15, -0.1) is 0 Å². The largest absolute Gasteiger partial charge is 0.444 e. The summed E-state index contributed by atoms with van der Waals surface area (Å²) in [6, 6.07) is 0. The molecule has 0 bridgehead atoms. The standard InChI is InChI=1S/C15H32N2O4/c1-11(2)15(6,17-9-12(19-7)20-8)10-16-13(18)21-14(3,4)5/h11-12,17H,9-10H2,1-8H3,(H,16,18). The molecular weight excluding hydrogens is 272 g/mol. The highest BCUT2D eigenvalue weighted by molar-refractivity contribution is 5.67. The molecule has 6 nitrogen and oxygen atoms in total. The maximum atomic E-state index is 11.8. The summed E-state index contributed by atoms with van der Waals surface area (Å²) in [5.74, 6) is 0.307. The van der Waals surface area contributed by atoms with Gasteiger partial charge < -0.3 is 24.8 Å². The highest BCUT2D eigenvalue weighted by Crippen LogP contribution is 2.16. The van der Waals surface area contributed by atoms with Crippen LogP contribution < -0.4 is 10.6 Å². The van der Waals surface area contributed by atoms with Crippen LogP contribution in [0.4, 0.5) is 4.79 Å². The van der Waals surface area contributed by atoms with E-state index in [1.165, 1.54) is 0 Å². The van der Waals surface area contributed by atoms with Crippen molar-refractivity contribution >= 4 is 6.09 Å². The summed E-state index contributed by atoms with van der Waals surface area (Å²) >= 11 is 0. The number of carbonyl (C=O) groups is 1. The van der Waals surface area contributed by atoms with Crippen LogP contribution in [0.1, 0.15) is 41.5 Å². The number of amides is 1. The van der Waals surface area contributed by atoms with Gasteiger partial charge in [-0.2, -0.15) is 0 Å². The van der Waals surface area contributed by atoms with Gasteiger partial charge in [0, 0.05) is 32.8 Å². The Hall–Kier alpha value is -0.850. The molecule has 0 aliphatic carbocycles. The van der Waals surface area contributed by atoms with E-state index in [0.717, 1.165) is 0 Å². The average Bonchev–Trinajstić information content (AvgIpc) is 2.35. The van der Waals surface area contributed by atoms with E-state index in [9.17, 15) is 4.79 Å². The number of nitrogens with one attached hydrogen (secondary N) is 2. The SMILES string of the molecule is COC(CNC(C)(CNC(=O)OC(C)(C)C)C(C)C)OC. The van der Waals surface area contributed by atoms with E-state index in [1.54, 1.807) is 14.2 Å². The molecule has 0 saturated carbocycles. The molecular formula is C15H32N2O4. The summed E-state index contributed by atoms with van der Waals surface area (Å²) in [4.78, 5) is 11.8. The average molecular weight is 304 g/mol. The number of hydrogen-bond acceptors (Lipinski definition) is 5. The van der Waals surface area contributed by atoms with Crippen LogP contribution in [-0.2, 0) is 14.2 Å². The van der Waals surface area contributed by atoms with Gasteiger partial charge in [-0.3, -0.25) is 0 Å². The Kier molecular flexibility index (Phi) is 8.21. The van der Waals surface area contributed by atoms with E-state index in [2.05, 4.69) is 31.4 Å². The predicted octanol–water partition coefficient (Wildman–Crippen LogP) is 2.13. The lowest BCUT2D eigenvalue weighted by molar-refractivity contribution is -0.103. The lowest BCUT2D eigenvalue weighted by Gasteiger charge is -2.36. The fraction of sp³-hybridized carbons (Fsp3) is 0.933. The van der Waals surface area contributed by atoms with Crippen LogP contribution >= 0.6 is 0 Å². The molecule has 0 rings (SSSR count). The van der Waals surface area contributed by atoms with E-state index in [1.807, 2.05) is 20.8 Å². The summed E-state index contributed by atoms with van der Waals surface area (Å²) in [7, 11) is 3.20. The Morgan fingerprint density at radius 1 is 1.10 bits per heavy atom. The second-order valence-electron chi connectivity index (χ2n) is 6.71. The predicted molar refractivity (Wildman–Crippen MR) is 83.3 cm³/mol. The van der Waals surface area contributed by atoms with Crippen LogP contribution in [0.15, 0.2) is 0 Å². The first-order valence-electron chi connectivity index (χ1n) is 7.31. The second kappa shape index (κ2) is 8.56. The van der Waals surface area contributed by atoms with Gasteiger partial charge >= 0.3 is 6.09 Å². The van der Waals surface area contributed by atoms with Crippen LogP contribution in [-0.4, -0.2) is 50.8 Å². The third kappa shape index (κ3) is 8.24. The molecule has 0 aromatic rings. The molecule has 0 aliphatic heterocycles. The molecule has 0 aromatic carbocycles. The number of carbonyl (C=O) groups excluding carboxylic acids is 1. The second-order valence-corrected chi connectivity index (χ2v) is 6.71. The molecule has 0 spiro atoms. The summed E-state index contributed by atoms with van der Waals surface area (Å²) in [6.45, 7) is 12.8. The van der Waals surface area contributed by atoms with Crippen LogP contribution in [0.25, 0.3) is 0 Å². The van der Waals surface area contributed by atoms with Gasteiger partial charge in [0.2, 0.25) is 0 Å². The minimum atomic E-state index is -0.497. The van der Waals surface area contributed by atoms with Gasteiger partial charge in [0.05, 0.1) is 0 Å². The van der Waals surface area contributed by atoms with E-state index in [4.69, 9.17) is 14.2 Å². The Labute approximate surface area is 128 Å². The van der Waals surface area contributed by atoms with E-state index < -0.39 is 11.7 Å². The van der Waals surface area contributed by atoms with Crippen molar-refractivity contribution in [1.82, 2.24) is 10.6 Å². The Morgan fingerprint density at radius 2 is 1.62 bits per heavy atom. The molecule has 6 heteroatoms. The lowest BCUT2D eigenvalue weighted by atomic mass is 9.88. The van der Waals surface area contributed by atoms with Crippen LogP contribution in [0.5, 0.6) is 0 Å². The number of rotatable bonds is 8. The van der Waals surface area contributed by atoms with Crippen molar-refractivity contribution in [2.24, 2.45) is 5.92 Å². The Morgan fingerprint density at radius 3 is 2.00 bits per heavy atom. The van der Waals surface area contributed by atoms with Crippen LogP contribution in [0, 0.1) is 5.92 Å². The molecule has 1 amide bonds. The van der Waals surface area contributed by atoms with E-state index in [-0.39, 0.29) is 11.8 Å². The molecule has 2 N–H and O–H groups in total. The molecule has 0 fully saturated rings. The van der Waals surface area contributed by atoms with Crippen LogP contribution in [0.2, 0.25) is 0 Å². The van der Waals surface area contributed by atoms with Gasteiger partial charge in [0.15, 0.2) is 6.29 Å². The number of hydrogen-bond donors (Lipinski definition) is 2. The minimum absolute atomic E-state index is 0.286. The van der Waals surface area contributed by atoms with Gasteiger partial charge in [0.1, 0.15) is 5.60 Å². The maximum Gasteiger partial charge on any atom is 0.407 e. The molecule has 126 valence electrons. The third-order valence-electron chi connectivity index (χ3n) is 3.47. The van der Waals surface area contributed by atoms with Gasteiger partial charge in [-0.1, -0.05) is 13.8 Å². The van der Waals surface area contributed by atoms with Crippen molar-refractivity contribution in [3.8, 4) is 0 Å². The van der Waals surface area contributed by atoms with Crippen molar-refractivity contribution in [2.75, 3.05) is 27.3 Å². The maximum absolute atomic E-state index is 11.8. The minimum Gasteiger partial charge on any atom is -0.444 e. The first-order chi connectivity index (χ1) is 9.54. The summed E-state index contributed by atoms with van der Waals surface area (Å²) in [5, 5.41) is 6.21. The van der Waals surface area contributed by atoms with Gasteiger partial charge in [0.25, 0.3) is 0 Å². The molecule has 21 heavy (non-hydrogen) atoms. The van der Waals surface area contributed by atoms with E-state index >= 15 is 0 Å². The topological polar surface area (TPSA) is 68.8 Å². The Balaban J connectivity index is 4.49. The molecule has 0 aliphatic rings. The molecule has 1 atom stereocenters. The third-order valence-corrected chi connectivity index (χ3v) is 3.47. The smallest absolute Gasteiger partial charge is 0.407 e. The molecule has 1 unspecified atom stereocenters. The highest BCUT2D eigenvalue weighted by Gasteiger charge is 2.30. The first kappa shape index (κ1) is 20.1. The number of methoxy groups -OCH3 is 2. The normalized spacial score (nSPS) is 15.1. The summed E-state index contributed by atoms with van der Waals surface area (Å²) < 4.78 is 15.6.